The number of carboxylic acid groups (broad SMARTS) is 1. The van der Waals surface area contributed by atoms with Crippen LogP contribution in [0.3, 0.4) is 0 Å². The van der Waals surface area contributed by atoms with E-state index in [2.05, 4.69) is 10.6 Å². The Morgan fingerprint density at radius 2 is 1.87 bits per heavy atom. The highest BCUT2D eigenvalue weighted by atomic mass is 16.4. The first-order chi connectivity index (χ1) is 10.8. The van der Waals surface area contributed by atoms with Crippen LogP contribution in [0, 0.1) is 5.41 Å². The van der Waals surface area contributed by atoms with Crippen LogP contribution in [-0.4, -0.2) is 41.4 Å². The quantitative estimate of drug-likeness (QED) is 0.521. The average molecular weight is 322 g/mol. The van der Waals surface area contributed by atoms with Gasteiger partial charge in [-0.25, -0.2) is 4.79 Å². The number of urea groups is 1. The number of carbonyl (C=O) groups excluding carboxylic acids is 1. The van der Waals surface area contributed by atoms with E-state index < -0.39 is 17.5 Å². The summed E-state index contributed by atoms with van der Waals surface area (Å²) in [4.78, 5) is 22.2. The van der Waals surface area contributed by atoms with Crippen LogP contribution in [0.25, 0.3) is 0 Å². The maximum absolute atomic E-state index is 11.8. The fourth-order valence-corrected chi connectivity index (χ4v) is 2.21. The minimum Gasteiger partial charge on any atom is -0.481 e. The van der Waals surface area contributed by atoms with Crippen LogP contribution in [0.5, 0.6) is 0 Å². The minimum atomic E-state index is -0.878. The summed E-state index contributed by atoms with van der Waals surface area (Å²) >= 11 is 0. The molecule has 2 atom stereocenters. The molecule has 0 saturated heterocycles. The number of rotatable bonds is 9. The summed E-state index contributed by atoms with van der Waals surface area (Å²) < 4.78 is 0. The average Bonchev–Trinajstić information content (AvgIpc) is 2.50. The minimum absolute atomic E-state index is 0.0275. The van der Waals surface area contributed by atoms with Gasteiger partial charge in [0.25, 0.3) is 0 Å². The summed E-state index contributed by atoms with van der Waals surface area (Å²) in [7, 11) is 0. The van der Waals surface area contributed by atoms with Gasteiger partial charge in [-0.05, 0) is 25.3 Å². The summed E-state index contributed by atoms with van der Waals surface area (Å²) in [5, 5.41) is 24.0. The SMILES string of the molecule is CC(O)C(C)(CNC(=O)NCCCC(=O)O)Cc1ccccc1. The number of hydrogen-bond acceptors (Lipinski definition) is 3. The van der Waals surface area contributed by atoms with Crippen LogP contribution in [0.1, 0.15) is 32.3 Å². The number of benzene rings is 1. The zero-order valence-corrected chi connectivity index (χ0v) is 13.7. The molecule has 1 aromatic carbocycles. The Kier molecular flexibility index (Phi) is 7.54. The third-order valence-electron chi connectivity index (χ3n) is 3.97. The van der Waals surface area contributed by atoms with Crippen molar-refractivity contribution in [3.8, 4) is 0 Å². The Morgan fingerprint density at radius 3 is 2.43 bits per heavy atom. The van der Waals surface area contributed by atoms with Gasteiger partial charge in [-0.2, -0.15) is 0 Å². The van der Waals surface area contributed by atoms with Crippen molar-refractivity contribution in [2.75, 3.05) is 13.1 Å². The van der Waals surface area contributed by atoms with Crippen molar-refractivity contribution in [1.82, 2.24) is 10.6 Å². The number of aliphatic hydroxyl groups is 1. The Hall–Kier alpha value is -2.08. The number of aliphatic carboxylic acids is 1. The molecule has 4 N–H and O–H groups in total. The van der Waals surface area contributed by atoms with Crippen molar-refractivity contribution >= 4 is 12.0 Å². The Bertz CT molecular complexity index is 505. The molecule has 0 radical (unpaired) electrons. The van der Waals surface area contributed by atoms with Gasteiger partial charge in [-0.3, -0.25) is 4.79 Å². The van der Waals surface area contributed by atoms with E-state index in [0.29, 0.717) is 25.9 Å². The Morgan fingerprint density at radius 1 is 1.22 bits per heavy atom. The molecular formula is C17H26N2O4. The van der Waals surface area contributed by atoms with E-state index in [9.17, 15) is 14.7 Å². The molecule has 0 fully saturated rings. The molecule has 0 aliphatic rings. The molecule has 0 aliphatic carbocycles. The first kappa shape index (κ1) is 19.0. The highest BCUT2D eigenvalue weighted by Gasteiger charge is 2.30. The number of nitrogens with one attached hydrogen (secondary N) is 2. The van der Waals surface area contributed by atoms with Crippen molar-refractivity contribution in [3.63, 3.8) is 0 Å². The second kappa shape index (κ2) is 9.15. The molecule has 6 nitrogen and oxygen atoms in total. The lowest BCUT2D eigenvalue weighted by Gasteiger charge is -2.33. The van der Waals surface area contributed by atoms with Gasteiger partial charge < -0.3 is 20.8 Å². The van der Waals surface area contributed by atoms with Gasteiger partial charge in [0.15, 0.2) is 0 Å². The molecule has 128 valence electrons. The molecule has 0 bridgehead atoms. The molecular weight excluding hydrogens is 296 g/mol. The van der Waals surface area contributed by atoms with E-state index in [1.165, 1.54) is 0 Å². The van der Waals surface area contributed by atoms with Crippen LogP contribution in [0.15, 0.2) is 30.3 Å². The van der Waals surface area contributed by atoms with Crippen LogP contribution >= 0.6 is 0 Å². The molecule has 2 unspecified atom stereocenters. The zero-order chi connectivity index (χ0) is 17.3. The smallest absolute Gasteiger partial charge is 0.314 e. The summed E-state index contributed by atoms with van der Waals surface area (Å²) in [6.07, 6.45) is 0.472. The third-order valence-corrected chi connectivity index (χ3v) is 3.97. The first-order valence-electron chi connectivity index (χ1n) is 7.79. The van der Waals surface area contributed by atoms with Gasteiger partial charge >= 0.3 is 12.0 Å². The normalized spacial score (nSPS) is 14.6. The van der Waals surface area contributed by atoms with Gasteiger partial charge in [0, 0.05) is 24.9 Å². The van der Waals surface area contributed by atoms with Gasteiger partial charge in [-0.15, -0.1) is 0 Å². The summed E-state index contributed by atoms with van der Waals surface area (Å²) in [6, 6.07) is 9.46. The number of carboxylic acids is 1. The molecule has 0 saturated carbocycles. The van der Waals surface area contributed by atoms with E-state index in [-0.39, 0.29) is 12.5 Å². The second-order valence-electron chi connectivity index (χ2n) is 6.10. The number of carbonyl (C=O) groups is 2. The largest absolute Gasteiger partial charge is 0.481 e. The molecule has 0 aromatic heterocycles. The number of aliphatic hydroxyl groups excluding tert-OH is 1. The van der Waals surface area contributed by atoms with Crippen molar-refractivity contribution in [2.45, 2.75) is 39.2 Å². The highest BCUT2D eigenvalue weighted by molar-refractivity contribution is 5.74. The second-order valence-corrected chi connectivity index (χ2v) is 6.10. The third kappa shape index (κ3) is 7.15. The monoisotopic (exact) mass is 322 g/mol. The molecule has 1 aromatic rings. The van der Waals surface area contributed by atoms with E-state index in [4.69, 9.17) is 5.11 Å². The van der Waals surface area contributed by atoms with Crippen LogP contribution in [-0.2, 0) is 11.2 Å². The lowest BCUT2D eigenvalue weighted by atomic mass is 9.79. The summed E-state index contributed by atoms with van der Waals surface area (Å²) in [5.74, 6) is -0.878. The Balaban J connectivity index is 2.46. The number of hydrogen-bond donors (Lipinski definition) is 4. The van der Waals surface area contributed by atoms with E-state index in [1.807, 2.05) is 37.3 Å². The summed E-state index contributed by atoms with van der Waals surface area (Å²) in [5.41, 5.74) is 0.610. The fourth-order valence-electron chi connectivity index (χ4n) is 2.21. The predicted octanol–water partition coefficient (Wildman–Crippen LogP) is 1.78. The van der Waals surface area contributed by atoms with E-state index >= 15 is 0 Å². The highest BCUT2D eigenvalue weighted by Crippen LogP contribution is 2.26. The Labute approximate surface area is 136 Å². The van der Waals surface area contributed by atoms with Gasteiger partial charge in [0.1, 0.15) is 0 Å². The van der Waals surface area contributed by atoms with Crippen LogP contribution in [0.4, 0.5) is 4.79 Å². The predicted molar refractivity (Wildman–Crippen MR) is 88.2 cm³/mol. The number of amides is 2. The van der Waals surface area contributed by atoms with Crippen molar-refractivity contribution < 1.29 is 19.8 Å². The van der Waals surface area contributed by atoms with Gasteiger partial charge in [-0.1, -0.05) is 37.3 Å². The van der Waals surface area contributed by atoms with Crippen molar-refractivity contribution in [2.24, 2.45) is 5.41 Å². The van der Waals surface area contributed by atoms with Crippen molar-refractivity contribution in [3.05, 3.63) is 35.9 Å². The molecule has 0 heterocycles. The first-order valence-corrected chi connectivity index (χ1v) is 7.79. The fraction of sp³-hybridized carbons (Fsp3) is 0.529. The molecule has 0 aliphatic heterocycles. The molecule has 23 heavy (non-hydrogen) atoms. The van der Waals surface area contributed by atoms with Crippen LogP contribution < -0.4 is 10.6 Å². The molecule has 6 heteroatoms. The van der Waals surface area contributed by atoms with E-state index in [0.717, 1.165) is 5.56 Å². The van der Waals surface area contributed by atoms with E-state index in [1.54, 1.807) is 6.92 Å². The maximum Gasteiger partial charge on any atom is 0.314 e. The van der Waals surface area contributed by atoms with Gasteiger partial charge in [0.2, 0.25) is 0 Å². The van der Waals surface area contributed by atoms with Crippen LogP contribution in [0.2, 0.25) is 0 Å². The molecule has 0 spiro atoms. The lowest BCUT2D eigenvalue weighted by Crippen LogP contribution is -2.47. The maximum atomic E-state index is 11.8. The zero-order valence-electron chi connectivity index (χ0n) is 13.7. The standard InChI is InChI=1S/C17H26N2O4/c1-13(20)17(2,11-14-7-4-3-5-8-14)12-19-16(23)18-10-6-9-15(21)22/h3-5,7-8,13,20H,6,9-12H2,1-2H3,(H,21,22)(H2,18,19,23). The summed E-state index contributed by atoms with van der Waals surface area (Å²) in [6.45, 7) is 4.28. The van der Waals surface area contributed by atoms with Gasteiger partial charge in [0.05, 0.1) is 6.10 Å². The topological polar surface area (TPSA) is 98.7 Å². The lowest BCUT2D eigenvalue weighted by molar-refractivity contribution is -0.137. The molecule has 1 rings (SSSR count). The molecule has 2 amide bonds. The van der Waals surface area contributed by atoms with Crippen molar-refractivity contribution in [1.29, 1.82) is 0 Å².